The number of carbonyl (C=O) groups is 3. The molecule has 7 nitrogen and oxygen atoms in total. The van der Waals surface area contributed by atoms with Gasteiger partial charge in [-0.05, 0) is 62.5 Å². The summed E-state index contributed by atoms with van der Waals surface area (Å²) in [4.78, 5) is 40.4. The molecular formula is C23H27F3N4O3S. The van der Waals surface area contributed by atoms with Crippen LogP contribution in [0, 0.1) is 11.8 Å². The fourth-order valence-corrected chi connectivity index (χ4v) is 5.33. The van der Waals surface area contributed by atoms with Crippen LogP contribution >= 0.6 is 12.2 Å². The van der Waals surface area contributed by atoms with Crippen molar-refractivity contribution in [1.29, 1.82) is 0 Å². The molecule has 1 aromatic carbocycles. The number of nitrogens with one attached hydrogen (secondary N) is 2. The maximum absolute atomic E-state index is 13.2. The molecule has 2 saturated heterocycles. The maximum Gasteiger partial charge on any atom is 0.416 e. The molecular weight excluding hydrogens is 469 g/mol. The molecule has 34 heavy (non-hydrogen) atoms. The lowest BCUT2D eigenvalue weighted by Gasteiger charge is -2.43. The van der Waals surface area contributed by atoms with Crippen LogP contribution in [-0.4, -0.2) is 53.4 Å². The summed E-state index contributed by atoms with van der Waals surface area (Å²) in [6, 6.07) is 4.20. The summed E-state index contributed by atoms with van der Waals surface area (Å²) in [5.74, 6) is -1.02. The monoisotopic (exact) mass is 496 g/mol. The minimum absolute atomic E-state index is 0.0434. The van der Waals surface area contributed by atoms with Gasteiger partial charge in [0.25, 0.3) is 0 Å². The summed E-state index contributed by atoms with van der Waals surface area (Å²) in [7, 11) is 0. The lowest BCUT2D eigenvalue weighted by molar-refractivity contribution is -0.137. The Labute approximate surface area is 201 Å². The molecule has 11 heteroatoms. The Morgan fingerprint density at radius 3 is 2.74 bits per heavy atom. The minimum Gasteiger partial charge on any atom is -0.358 e. The number of hydrogen-bond acceptors (Lipinski definition) is 4. The van der Waals surface area contributed by atoms with E-state index in [1.165, 1.54) is 12.1 Å². The second kappa shape index (κ2) is 9.89. The van der Waals surface area contributed by atoms with Crippen LogP contribution in [0.1, 0.15) is 44.1 Å². The van der Waals surface area contributed by atoms with Gasteiger partial charge in [0.2, 0.25) is 17.7 Å². The fraction of sp³-hybridized carbons (Fsp3) is 0.565. The molecule has 3 atom stereocenters. The molecule has 1 saturated carbocycles. The molecule has 0 bridgehead atoms. The molecule has 3 aliphatic rings. The van der Waals surface area contributed by atoms with E-state index in [-0.39, 0.29) is 40.5 Å². The topological polar surface area (TPSA) is 81.8 Å². The Kier molecular flexibility index (Phi) is 7.11. The molecule has 3 fully saturated rings. The number of rotatable bonds is 6. The molecule has 1 aromatic rings. The third kappa shape index (κ3) is 5.18. The highest BCUT2D eigenvalue weighted by Crippen LogP contribution is 2.36. The third-order valence-electron chi connectivity index (χ3n) is 6.78. The first kappa shape index (κ1) is 24.4. The van der Waals surface area contributed by atoms with Crippen LogP contribution in [0.25, 0.3) is 0 Å². The van der Waals surface area contributed by atoms with Crippen LogP contribution < -0.4 is 15.5 Å². The average molecular weight is 497 g/mol. The van der Waals surface area contributed by atoms with Crippen LogP contribution in [0.2, 0.25) is 0 Å². The number of likely N-dealkylation sites (tertiary alicyclic amines) is 1. The number of nitrogens with zero attached hydrogens (tertiary/aromatic N) is 2. The highest BCUT2D eigenvalue weighted by molar-refractivity contribution is 7.80. The first-order chi connectivity index (χ1) is 16.1. The quantitative estimate of drug-likeness (QED) is 0.468. The van der Waals surface area contributed by atoms with Gasteiger partial charge in [0.05, 0.1) is 17.2 Å². The molecule has 2 aliphatic heterocycles. The van der Waals surface area contributed by atoms with Crippen LogP contribution in [0.15, 0.2) is 24.3 Å². The van der Waals surface area contributed by atoms with Gasteiger partial charge in [-0.1, -0.05) is 6.07 Å². The Morgan fingerprint density at radius 1 is 1.24 bits per heavy atom. The van der Waals surface area contributed by atoms with E-state index in [9.17, 15) is 27.6 Å². The molecule has 4 rings (SSSR count). The summed E-state index contributed by atoms with van der Waals surface area (Å²) in [5.41, 5.74) is -0.774. The van der Waals surface area contributed by atoms with Crippen molar-refractivity contribution in [3.8, 4) is 0 Å². The minimum atomic E-state index is -4.53. The predicted molar refractivity (Wildman–Crippen MR) is 123 cm³/mol. The summed E-state index contributed by atoms with van der Waals surface area (Å²) >= 11 is 5.32. The van der Waals surface area contributed by atoms with Crippen molar-refractivity contribution in [2.24, 2.45) is 11.8 Å². The third-order valence-corrected chi connectivity index (χ3v) is 7.08. The average Bonchev–Trinajstić information content (AvgIpc) is 3.20. The van der Waals surface area contributed by atoms with E-state index in [4.69, 9.17) is 12.2 Å². The summed E-state index contributed by atoms with van der Waals surface area (Å²) in [6.45, 7) is 1.88. The molecule has 0 spiro atoms. The molecule has 0 aromatic heterocycles. The number of hydrogen-bond donors (Lipinski definition) is 2. The van der Waals surface area contributed by atoms with Gasteiger partial charge >= 0.3 is 6.18 Å². The van der Waals surface area contributed by atoms with Gasteiger partial charge in [-0.25, -0.2) is 0 Å². The van der Waals surface area contributed by atoms with E-state index < -0.39 is 17.7 Å². The van der Waals surface area contributed by atoms with Gasteiger partial charge in [0.1, 0.15) is 0 Å². The van der Waals surface area contributed by atoms with E-state index in [0.717, 1.165) is 30.0 Å². The van der Waals surface area contributed by atoms with E-state index >= 15 is 0 Å². The largest absolute Gasteiger partial charge is 0.416 e. The van der Waals surface area contributed by atoms with E-state index in [1.54, 1.807) is 0 Å². The second-order valence-corrected chi connectivity index (χ2v) is 9.41. The Balaban J connectivity index is 1.32. The van der Waals surface area contributed by atoms with Gasteiger partial charge in [-0.2, -0.15) is 13.2 Å². The first-order valence-electron chi connectivity index (χ1n) is 11.5. The van der Waals surface area contributed by atoms with Crippen LogP contribution in [-0.2, 0) is 20.6 Å². The van der Waals surface area contributed by atoms with Crippen molar-refractivity contribution in [3.05, 3.63) is 29.8 Å². The zero-order valence-electron chi connectivity index (χ0n) is 18.6. The Bertz CT molecular complexity index is 986. The maximum atomic E-state index is 13.2. The number of halogens is 3. The molecule has 2 N–H and O–H groups in total. The Hall–Kier alpha value is -2.69. The first-order valence-corrected chi connectivity index (χ1v) is 11.9. The second-order valence-electron chi connectivity index (χ2n) is 9.02. The van der Waals surface area contributed by atoms with Crippen molar-refractivity contribution in [1.82, 2.24) is 15.5 Å². The summed E-state index contributed by atoms with van der Waals surface area (Å²) in [6.07, 6.45) is -0.998. The highest BCUT2D eigenvalue weighted by atomic mass is 32.1. The van der Waals surface area contributed by atoms with Gasteiger partial charge < -0.3 is 15.5 Å². The summed E-state index contributed by atoms with van der Waals surface area (Å²) in [5, 5.41) is 6.05. The number of thiocarbonyl (C=S) groups is 1. The molecule has 0 radical (unpaired) electrons. The lowest BCUT2D eigenvalue weighted by atomic mass is 9.76. The molecule has 184 valence electrons. The number of benzene rings is 1. The molecule has 2 heterocycles. The predicted octanol–water partition coefficient (Wildman–Crippen LogP) is 2.84. The Morgan fingerprint density at radius 2 is 2.03 bits per heavy atom. The van der Waals surface area contributed by atoms with Gasteiger partial charge in [-0.15, -0.1) is 0 Å². The fourth-order valence-electron chi connectivity index (χ4n) is 4.98. The van der Waals surface area contributed by atoms with Gasteiger partial charge in [0.15, 0.2) is 5.11 Å². The number of alkyl halides is 3. The molecule has 3 amide bonds. The number of anilines is 1. The van der Waals surface area contributed by atoms with Gasteiger partial charge in [0, 0.05) is 38.0 Å². The highest BCUT2D eigenvalue weighted by Gasteiger charge is 2.45. The smallest absolute Gasteiger partial charge is 0.358 e. The van der Waals surface area contributed by atoms with E-state index in [1.807, 2.05) is 4.90 Å². The zero-order valence-corrected chi connectivity index (χ0v) is 19.4. The number of amides is 3. The van der Waals surface area contributed by atoms with Crippen LogP contribution in [0.3, 0.4) is 0 Å². The SMILES string of the molecule is O=C(NCCCN1CCCC1=O)C1CCC2C(=O)N(c3cccc(C(F)(F)F)c3)C(=S)NC2C1. The van der Waals surface area contributed by atoms with E-state index in [0.29, 0.717) is 45.2 Å². The van der Waals surface area contributed by atoms with Crippen molar-refractivity contribution in [3.63, 3.8) is 0 Å². The van der Waals surface area contributed by atoms with Crippen molar-refractivity contribution < 1.29 is 27.6 Å². The van der Waals surface area contributed by atoms with Crippen LogP contribution in [0.5, 0.6) is 0 Å². The molecule has 3 unspecified atom stereocenters. The van der Waals surface area contributed by atoms with Crippen molar-refractivity contribution in [2.75, 3.05) is 24.5 Å². The molecule has 1 aliphatic carbocycles. The zero-order chi connectivity index (χ0) is 24.5. The van der Waals surface area contributed by atoms with E-state index in [2.05, 4.69) is 10.6 Å². The lowest BCUT2D eigenvalue weighted by Crippen LogP contribution is -2.62. The summed E-state index contributed by atoms with van der Waals surface area (Å²) < 4.78 is 39.3. The van der Waals surface area contributed by atoms with Gasteiger partial charge in [-0.3, -0.25) is 19.3 Å². The standard InChI is InChI=1S/C23H27F3N4O3S/c24-23(25,26)15-4-1-5-16(13-15)30-21(33)17-8-7-14(12-18(17)28-22(30)34)20(32)27-9-3-11-29-10-2-6-19(29)31/h1,4-5,13-14,17-18H,2-3,6-12H2,(H,27,32)(H,28,34). The normalized spacial score (nSPS) is 25.3. The number of fused-ring (bicyclic) bond motifs is 1. The van der Waals surface area contributed by atoms with Crippen molar-refractivity contribution in [2.45, 2.75) is 50.7 Å². The van der Waals surface area contributed by atoms with Crippen LogP contribution in [0.4, 0.5) is 18.9 Å². The van der Waals surface area contributed by atoms with Crippen molar-refractivity contribution >= 4 is 40.7 Å². The number of carbonyl (C=O) groups excluding carboxylic acids is 3.